The van der Waals surface area contributed by atoms with Gasteiger partial charge in [0.2, 0.25) is 11.8 Å². The minimum absolute atomic E-state index is 0.0252. The van der Waals surface area contributed by atoms with Crippen molar-refractivity contribution >= 4 is 28.7 Å². The van der Waals surface area contributed by atoms with Crippen molar-refractivity contribution in [3.63, 3.8) is 0 Å². The summed E-state index contributed by atoms with van der Waals surface area (Å²) in [5.74, 6) is -0.426. The molecule has 2 aliphatic heterocycles. The molecule has 0 spiro atoms. The minimum Gasteiger partial charge on any atom is -0.465 e. The van der Waals surface area contributed by atoms with E-state index in [1.807, 2.05) is 30.3 Å². The number of H-pyrrole nitrogens is 1. The Balaban J connectivity index is 1.51. The van der Waals surface area contributed by atoms with Gasteiger partial charge in [0.1, 0.15) is 6.04 Å². The number of hydrogen-bond donors (Lipinski definition) is 1. The number of amides is 2. The molecular weight excluding hydrogens is 454 g/mol. The van der Waals surface area contributed by atoms with Gasteiger partial charge in [-0.2, -0.15) is 0 Å². The van der Waals surface area contributed by atoms with Crippen LogP contribution in [0.1, 0.15) is 72.2 Å². The molecule has 5 rings (SSSR count). The third-order valence-electron chi connectivity index (χ3n) is 7.52. The molecule has 0 aliphatic carbocycles. The summed E-state index contributed by atoms with van der Waals surface area (Å²) in [7, 11) is 1.35. The lowest BCUT2D eigenvalue weighted by atomic mass is 9.86. The summed E-state index contributed by atoms with van der Waals surface area (Å²) >= 11 is 0. The number of rotatable bonds is 8. The van der Waals surface area contributed by atoms with Crippen LogP contribution in [-0.4, -0.2) is 58.8 Å². The fraction of sp³-hybridized carbons (Fsp3) is 0.414. The maximum Gasteiger partial charge on any atom is 0.337 e. The quantitative estimate of drug-likeness (QED) is 0.372. The van der Waals surface area contributed by atoms with Gasteiger partial charge in [0.25, 0.3) is 0 Å². The molecule has 7 heteroatoms. The van der Waals surface area contributed by atoms with E-state index in [-0.39, 0.29) is 18.4 Å². The van der Waals surface area contributed by atoms with Crippen molar-refractivity contribution in [2.75, 3.05) is 20.2 Å². The number of methoxy groups -OCH3 is 1. The molecule has 0 radical (unpaired) electrons. The van der Waals surface area contributed by atoms with E-state index in [9.17, 15) is 14.4 Å². The zero-order valence-corrected chi connectivity index (χ0v) is 21.0. The molecule has 188 valence electrons. The van der Waals surface area contributed by atoms with Gasteiger partial charge in [-0.1, -0.05) is 62.9 Å². The number of aromatic nitrogens is 1. The molecule has 7 nitrogen and oxygen atoms in total. The predicted molar refractivity (Wildman–Crippen MR) is 138 cm³/mol. The Morgan fingerprint density at radius 2 is 1.78 bits per heavy atom. The Labute approximate surface area is 211 Å². The highest BCUT2D eigenvalue weighted by Gasteiger charge is 2.48. The Bertz CT molecular complexity index is 1280. The molecule has 2 amide bonds. The van der Waals surface area contributed by atoms with Crippen LogP contribution in [0.2, 0.25) is 0 Å². The van der Waals surface area contributed by atoms with E-state index >= 15 is 0 Å². The van der Waals surface area contributed by atoms with Crippen LogP contribution in [0.15, 0.2) is 48.5 Å². The van der Waals surface area contributed by atoms with E-state index in [0.29, 0.717) is 18.5 Å². The monoisotopic (exact) mass is 487 g/mol. The van der Waals surface area contributed by atoms with E-state index in [0.717, 1.165) is 47.0 Å². The Morgan fingerprint density at radius 3 is 2.53 bits per heavy atom. The number of hydrogen-bond acceptors (Lipinski definition) is 4. The highest BCUT2D eigenvalue weighted by Crippen LogP contribution is 2.42. The first-order valence-electron chi connectivity index (χ1n) is 12.9. The van der Waals surface area contributed by atoms with Gasteiger partial charge in [0, 0.05) is 29.6 Å². The third-order valence-corrected chi connectivity index (χ3v) is 7.52. The number of benzene rings is 2. The average Bonchev–Trinajstić information content (AvgIpc) is 3.28. The minimum atomic E-state index is -0.543. The number of ether oxygens (including phenoxy) is 1. The zero-order chi connectivity index (χ0) is 25.2. The normalized spacial score (nSPS) is 19.4. The topological polar surface area (TPSA) is 82.7 Å². The van der Waals surface area contributed by atoms with Crippen LogP contribution in [0.3, 0.4) is 0 Å². The van der Waals surface area contributed by atoms with Crippen molar-refractivity contribution in [1.82, 2.24) is 14.8 Å². The number of unbranched alkanes of at least 4 members (excludes halogenated alkanes) is 4. The summed E-state index contributed by atoms with van der Waals surface area (Å²) in [4.78, 5) is 46.3. The lowest BCUT2D eigenvalue weighted by molar-refractivity contribution is -0.158. The number of piperazine rings is 1. The summed E-state index contributed by atoms with van der Waals surface area (Å²) in [5.41, 5.74) is 4.31. The van der Waals surface area contributed by atoms with E-state index < -0.39 is 18.1 Å². The molecule has 1 saturated heterocycles. The fourth-order valence-corrected chi connectivity index (χ4v) is 5.68. The van der Waals surface area contributed by atoms with Gasteiger partial charge in [-0.15, -0.1) is 0 Å². The molecule has 1 aromatic heterocycles. The molecular formula is C29H33N3O4. The third kappa shape index (κ3) is 4.27. The maximum atomic E-state index is 13.7. The Kier molecular flexibility index (Phi) is 6.81. The van der Waals surface area contributed by atoms with Crippen LogP contribution >= 0.6 is 0 Å². The van der Waals surface area contributed by atoms with Crippen LogP contribution in [0, 0.1) is 0 Å². The molecule has 3 heterocycles. The molecule has 1 N–H and O–H groups in total. The van der Waals surface area contributed by atoms with E-state index in [4.69, 9.17) is 4.74 Å². The van der Waals surface area contributed by atoms with Crippen LogP contribution in [0.5, 0.6) is 0 Å². The van der Waals surface area contributed by atoms with Crippen molar-refractivity contribution in [2.45, 2.75) is 57.5 Å². The molecule has 0 saturated carbocycles. The predicted octanol–water partition coefficient (Wildman–Crippen LogP) is 4.61. The number of fused-ring (bicyclic) bond motifs is 4. The number of carbonyl (C=O) groups is 3. The van der Waals surface area contributed by atoms with Crippen molar-refractivity contribution in [1.29, 1.82) is 0 Å². The Morgan fingerprint density at radius 1 is 1.03 bits per heavy atom. The van der Waals surface area contributed by atoms with E-state index in [2.05, 4.69) is 18.0 Å². The number of carbonyl (C=O) groups excluding carboxylic acids is 3. The zero-order valence-electron chi connectivity index (χ0n) is 21.0. The molecule has 36 heavy (non-hydrogen) atoms. The maximum absolute atomic E-state index is 13.7. The van der Waals surface area contributed by atoms with Gasteiger partial charge in [-0.25, -0.2) is 4.79 Å². The summed E-state index contributed by atoms with van der Waals surface area (Å²) in [6.45, 7) is 2.91. The van der Waals surface area contributed by atoms with E-state index in [1.54, 1.807) is 21.9 Å². The first-order chi connectivity index (χ1) is 17.5. The average molecular weight is 488 g/mol. The van der Waals surface area contributed by atoms with Crippen molar-refractivity contribution < 1.29 is 19.1 Å². The summed E-state index contributed by atoms with van der Waals surface area (Å²) in [6.07, 6.45) is 6.01. The van der Waals surface area contributed by atoms with Gasteiger partial charge in [-0.05, 0) is 35.7 Å². The summed E-state index contributed by atoms with van der Waals surface area (Å²) < 4.78 is 4.84. The van der Waals surface area contributed by atoms with Crippen molar-refractivity contribution in [2.24, 2.45) is 0 Å². The lowest BCUT2D eigenvalue weighted by Gasteiger charge is -2.47. The molecule has 2 aliphatic rings. The van der Waals surface area contributed by atoms with E-state index in [1.165, 1.54) is 20.0 Å². The van der Waals surface area contributed by atoms with Crippen molar-refractivity contribution in [3.8, 4) is 0 Å². The highest BCUT2D eigenvalue weighted by molar-refractivity contribution is 5.97. The standard InChI is InChI=1S/C29H33N3O4/c1-3-4-5-6-9-16-31-18-25(33)32-24(28(31)34)17-22-21-10-7-8-11-23(21)30-26(22)27(32)19-12-14-20(15-13-19)29(35)36-2/h7-8,10-15,24,27,30H,3-6,9,16-18H2,1-2H3/t24-,27?/m0/s1. The van der Waals surface area contributed by atoms with Gasteiger partial charge in [0.15, 0.2) is 0 Å². The fourth-order valence-electron chi connectivity index (χ4n) is 5.68. The van der Waals surface area contributed by atoms with Crippen LogP contribution in [0.25, 0.3) is 10.9 Å². The largest absolute Gasteiger partial charge is 0.465 e. The van der Waals surface area contributed by atoms with Crippen LogP contribution in [-0.2, 0) is 20.7 Å². The number of nitrogens with one attached hydrogen (secondary N) is 1. The summed E-state index contributed by atoms with van der Waals surface area (Å²) in [5, 5.41) is 1.08. The van der Waals surface area contributed by atoms with Gasteiger partial charge in [-0.3, -0.25) is 9.59 Å². The smallest absolute Gasteiger partial charge is 0.337 e. The highest BCUT2D eigenvalue weighted by atomic mass is 16.5. The number of para-hydroxylation sites is 1. The first-order valence-corrected chi connectivity index (χ1v) is 12.9. The lowest BCUT2D eigenvalue weighted by Crippen LogP contribution is -2.63. The van der Waals surface area contributed by atoms with Crippen molar-refractivity contribution in [3.05, 3.63) is 70.9 Å². The van der Waals surface area contributed by atoms with Gasteiger partial charge < -0.3 is 19.5 Å². The second-order valence-electron chi connectivity index (χ2n) is 9.77. The SMILES string of the molecule is CCCCCCCN1CC(=O)N2C(c3ccc(C(=O)OC)cc3)c3[nH]c4ccccc4c3C[C@H]2C1=O. The molecule has 2 atom stereocenters. The first kappa shape index (κ1) is 24.1. The second kappa shape index (κ2) is 10.2. The molecule has 1 unspecified atom stereocenters. The molecule has 2 aromatic carbocycles. The Hall–Kier alpha value is -3.61. The van der Waals surface area contributed by atoms with Gasteiger partial charge in [0.05, 0.1) is 25.3 Å². The second-order valence-corrected chi connectivity index (χ2v) is 9.77. The number of nitrogens with zero attached hydrogens (tertiary/aromatic N) is 2. The molecule has 0 bridgehead atoms. The molecule has 3 aromatic rings. The van der Waals surface area contributed by atoms with Crippen LogP contribution < -0.4 is 0 Å². The summed E-state index contributed by atoms with van der Waals surface area (Å²) in [6, 6.07) is 14.2. The van der Waals surface area contributed by atoms with Gasteiger partial charge >= 0.3 is 5.97 Å². The number of aromatic amines is 1. The van der Waals surface area contributed by atoms with Crippen LogP contribution in [0.4, 0.5) is 0 Å². The number of esters is 1. The molecule has 1 fully saturated rings.